The minimum Gasteiger partial charge on any atom is -0.493 e. The van der Waals surface area contributed by atoms with Crippen LogP contribution in [-0.4, -0.2) is 16.6 Å². The van der Waals surface area contributed by atoms with E-state index in [9.17, 15) is 0 Å². The standard InChI is InChI=1S/C24H24N2O/c1-14(2)10-11-27-21-13-18-16-9-8-15(3)12-20(16)26-23(18)24-22(21)17-6-4-5-7-19(17)25-24/h4-9,12-14,25-26H,10-11H2,1-3H3. The number of fused-ring (bicyclic) bond motifs is 7. The number of para-hydroxylation sites is 1. The first-order valence-corrected chi connectivity index (χ1v) is 9.70. The Morgan fingerprint density at radius 3 is 2.52 bits per heavy atom. The van der Waals surface area contributed by atoms with E-state index < -0.39 is 0 Å². The number of aromatic amines is 2. The molecule has 0 bridgehead atoms. The third kappa shape index (κ3) is 2.57. The van der Waals surface area contributed by atoms with Gasteiger partial charge in [0.15, 0.2) is 0 Å². The zero-order valence-electron chi connectivity index (χ0n) is 16.0. The molecule has 0 atom stereocenters. The van der Waals surface area contributed by atoms with Crippen LogP contribution in [-0.2, 0) is 0 Å². The van der Waals surface area contributed by atoms with Crippen molar-refractivity contribution >= 4 is 43.6 Å². The molecule has 2 aromatic heterocycles. The van der Waals surface area contributed by atoms with E-state index in [1.165, 1.54) is 32.6 Å². The van der Waals surface area contributed by atoms with Gasteiger partial charge in [-0.2, -0.15) is 0 Å². The number of hydrogen-bond acceptors (Lipinski definition) is 1. The number of nitrogens with one attached hydrogen (secondary N) is 2. The fraction of sp³-hybridized carbons (Fsp3) is 0.250. The molecule has 5 rings (SSSR count). The molecule has 3 aromatic carbocycles. The van der Waals surface area contributed by atoms with Crippen LogP contribution >= 0.6 is 0 Å². The van der Waals surface area contributed by atoms with Crippen LogP contribution in [0.1, 0.15) is 25.8 Å². The van der Waals surface area contributed by atoms with Gasteiger partial charge in [0, 0.05) is 27.2 Å². The monoisotopic (exact) mass is 356 g/mol. The van der Waals surface area contributed by atoms with Crippen LogP contribution in [0.2, 0.25) is 0 Å². The molecular formula is C24H24N2O. The summed E-state index contributed by atoms with van der Waals surface area (Å²) in [5, 5.41) is 4.84. The highest BCUT2D eigenvalue weighted by Crippen LogP contribution is 2.40. The smallest absolute Gasteiger partial charge is 0.130 e. The highest BCUT2D eigenvalue weighted by atomic mass is 16.5. The van der Waals surface area contributed by atoms with E-state index in [-0.39, 0.29) is 0 Å². The maximum atomic E-state index is 6.31. The van der Waals surface area contributed by atoms with Crippen molar-refractivity contribution in [2.24, 2.45) is 5.92 Å². The second-order valence-corrected chi connectivity index (χ2v) is 7.92. The van der Waals surface area contributed by atoms with E-state index in [0.717, 1.165) is 35.3 Å². The predicted molar refractivity (Wildman–Crippen MR) is 115 cm³/mol. The normalized spacial score (nSPS) is 12.1. The largest absolute Gasteiger partial charge is 0.493 e. The molecule has 0 saturated carbocycles. The fourth-order valence-corrected chi connectivity index (χ4v) is 3.99. The molecular weight excluding hydrogens is 332 g/mol. The van der Waals surface area contributed by atoms with Gasteiger partial charge in [-0.3, -0.25) is 0 Å². The number of aryl methyl sites for hydroxylation is 1. The Labute approximate surface area is 158 Å². The average Bonchev–Trinajstić information content (AvgIpc) is 3.19. The zero-order chi connectivity index (χ0) is 18.5. The number of ether oxygens (including phenoxy) is 1. The van der Waals surface area contributed by atoms with Crippen molar-refractivity contribution in [1.29, 1.82) is 0 Å². The molecule has 0 fully saturated rings. The molecule has 27 heavy (non-hydrogen) atoms. The molecule has 0 aliphatic rings. The van der Waals surface area contributed by atoms with Crippen molar-refractivity contribution < 1.29 is 4.74 Å². The Morgan fingerprint density at radius 2 is 1.67 bits per heavy atom. The Bertz CT molecular complexity index is 1290. The second kappa shape index (κ2) is 6.05. The SMILES string of the molecule is Cc1ccc2c(c1)[nH]c1c2cc(OCCC(C)C)c2c3ccccc3[nH]c12. The van der Waals surface area contributed by atoms with Gasteiger partial charge in [-0.1, -0.05) is 44.2 Å². The summed E-state index contributed by atoms with van der Waals surface area (Å²) in [6, 6.07) is 17.3. The highest BCUT2D eigenvalue weighted by Gasteiger charge is 2.17. The summed E-state index contributed by atoms with van der Waals surface area (Å²) in [4.78, 5) is 7.26. The molecule has 0 aliphatic carbocycles. The number of benzene rings is 3. The van der Waals surface area contributed by atoms with Crippen LogP contribution in [0.3, 0.4) is 0 Å². The van der Waals surface area contributed by atoms with Gasteiger partial charge in [0.1, 0.15) is 5.75 Å². The summed E-state index contributed by atoms with van der Waals surface area (Å²) in [7, 11) is 0. The molecule has 3 nitrogen and oxygen atoms in total. The maximum Gasteiger partial charge on any atom is 0.130 e. The quantitative estimate of drug-likeness (QED) is 0.370. The summed E-state index contributed by atoms with van der Waals surface area (Å²) >= 11 is 0. The molecule has 0 amide bonds. The molecule has 0 spiro atoms. The van der Waals surface area contributed by atoms with Crippen molar-refractivity contribution in [2.45, 2.75) is 27.2 Å². The maximum absolute atomic E-state index is 6.31. The van der Waals surface area contributed by atoms with Gasteiger partial charge in [-0.25, -0.2) is 0 Å². The summed E-state index contributed by atoms with van der Waals surface area (Å²) in [5.74, 6) is 1.60. The van der Waals surface area contributed by atoms with Gasteiger partial charge in [-0.15, -0.1) is 0 Å². The first kappa shape index (κ1) is 16.2. The molecule has 0 saturated heterocycles. The van der Waals surface area contributed by atoms with E-state index in [2.05, 4.69) is 79.3 Å². The van der Waals surface area contributed by atoms with Crippen molar-refractivity contribution in [2.75, 3.05) is 6.61 Å². The summed E-state index contributed by atoms with van der Waals surface area (Å²) < 4.78 is 6.31. The first-order chi connectivity index (χ1) is 13.1. The van der Waals surface area contributed by atoms with Crippen LogP contribution in [0, 0.1) is 12.8 Å². The van der Waals surface area contributed by atoms with Crippen LogP contribution < -0.4 is 4.74 Å². The average molecular weight is 356 g/mol. The minimum absolute atomic E-state index is 0.628. The third-order valence-corrected chi connectivity index (χ3v) is 5.42. The number of hydrogen-bond donors (Lipinski definition) is 2. The van der Waals surface area contributed by atoms with E-state index >= 15 is 0 Å². The predicted octanol–water partition coefficient (Wildman–Crippen LogP) is 6.69. The van der Waals surface area contributed by atoms with Crippen LogP contribution in [0.5, 0.6) is 5.75 Å². The van der Waals surface area contributed by atoms with Gasteiger partial charge in [0.2, 0.25) is 0 Å². The van der Waals surface area contributed by atoms with Gasteiger partial charge in [0.25, 0.3) is 0 Å². The lowest BCUT2D eigenvalue weighted by Gasteiger charge is -2.10. The molecule has 2 heterocycles. The Kier molecular flexibility index (Phi) is 3.64. The van der Waals surface area contributed by atoms with Crippen LogP contribution in [0.25, 0.3) is 43.6 Å². The van der Waals surface area contributed by atoms with E-state index in [1.54, 1.807) is 0 Å². The summed E-state index contributed by atoms with van der Waals surface area (Å²) in [6.45, 7) is 7.33. The minimum atomic E-state index is 0.628. The number of H-pyrrole nitrogens is 2. The van der Waals surface area contributed by atoms with E-state index in [4.69, 9.17) is 4.74 Å². The number of rotatable bonds is 4. The molecule has 0 unspecified atom stereocenters. The molecule has 0 radical (unpaired) electrons. The molecule has 5 aromatic rings. The van der Waals surface area contributed by atoms with Gasteiger partial charge in [-0.05, 0) is 43.0 Å². The highest BCUT2D eigenvalue weighted by molar-refractivity contribution is 6.23. The first-order valence-electron chi connectivity index (χ1n) is 9.70. The molecule has 2 N–H and O–H groups in total. The topological polar surface area (TPSA) is 40.8 Å². The van der Waals surface area contributed by atoms with Crippen molar-refractivity contribution in [3.63, 3.8) is 0 Å². The molecule has 3 heteroatoms. The second-order valence-electron chi connectivity index (χ2n) is 7.92. The summed E-state index contributed by atoms with van der Waals surface area (Å²) in [5.41, 5.74) is 5.85. The van der Waals surface area contributed by atoms with Gasteiger partial charge < -0.3 is 14.7 Å². The molecule has 0 aliphatic heterocycles. The lowest BCUT2D eigenvalue weighted by molar-refractivity contribution is 0.293. The third-order valence-electron chi connectivity index (χ3n) is 5.42. The fourth-order valence-electron chi connectivity index (χ4n) is 3.99. The van der Waals surface area contributed by atoms with Crippen molar-refractivity contribution in [3.05, 3.63) is 54.1 Å². The van der Waals surface area contributed by atoms with Gasteiger partial charge in [0.05, 0.1) is 23.0 Å². The zero-order valence-corrected chi connectivity index (χ0v) is 16.0. The van der Waals surface area contributed by atoms with Crippen LogP contribution in [0.4, 0.5) is 0 Å². The van der Waals surface area contributed by atoms with E-state index in [1.807, 2.05) is 0 Å². The molecule has 136 valence electrons. The van der Waals surface area contributed by atoms with Crippen molar-refractivity contribution in [1.82, 2.24) is 9.97 Å². The lowest BCUT2D eigenvalue weighted by Crippen LogP contribution is -2.01. The van der Waals surface area contributed by atoms with Crippen molar-refractivity contribution in [3.8, 4) is 5.75 Å². The van der Waals surface area contributed by atoms with Crippen LogP contribution in [0.15, 0.2) is 48.5 Å². The van der Waals surface area contributed by atoms with E-state index in [0.29, 0.717) is 5.92 Å². The Morgan fingerprint density at radius 1 is 0.852 bits per heavy atom. The number of aromatic nitrogens is 2. The lowest BCUT2D eigenvalue weighted by atomic mass is 10.1. The Balaban J connectivity index is 1.84. The summed E-state index contributed by atoms with van der Waals surface area (Å²) in [6.07, 6.45) is 1.05. The Hall–Kier alpha value is -2.94. The van der Waals surface area contributed by atoms with Gasteiger partial charge >= 0.3 is 0 Å².